The van der Waals surface area contributed by atoms with Gasteiger partial charge in [-0.05, 0) is 42.5 Å². The highest BCUT2D eigenvalue weighted by Gasteiger charge is 2.31. The summed E-state index contributed by atoms with van der Waals surface area (Å²) in [6.07, 6.45) is 4.50. The molecule has 4 rings (SSSR count). The minimum absolute atomic E-state index is 0.00144. The number of rotatable bonds is 2. The summed E-state index contributed by atoms with van der Waals surface area (Å²) >= 11 is 0. The van der Waals surface area contributed by atoms with Crippen molar-refractivity contribution in [2.24, 2.45) is 5.92 Å². The Morgan fingerprint density at radius 1 is 1.19 bits per heavy atom. The van der Waals surface area contributed by atoms with Crippen molar-refractivity contribution in [2.75, 3.05) is 24.5 Å². The average Bonchev–Trinajstić information content (AvgIpc) is 2.73. The third-order valence-corrected chi connectivity index (χ3v) is 5.41. The molecule has 1 atom stereocenters. The minimum Gasteiger partial charge on any atom is -0.356 e. The summed E-state index contributed by atoms with van der Waals surface area (Å²) in [5.74, 6) is 1.05. The Kier molecular flexibility index (Phi) is 4.57. The van der Waals surface area contributed by atoms with Gasteiger partial charge in [0.25, 0.3) is 0 Å². The van der Waals surface area contributed by atoms with Crippen LogP contribution in [0.1, 0.15) is 29.5 Å². The van der Waals surface area contributed by atoms with Gasteiger partial charge in [0.05, 0.1) is 17.6 Å². The number of nitriles is 1. The Morgan fingerprint density at radius 2 is 2.04 bits per heavy atom. The molecule has 1 aromatic carbocycles. The van der Waals surface area contributed by atoms with Crippen LogP contribution >= 0.6 is 0 Å². The fourth-order valence-corrected chi connectivity index (χ4v) is 3.99. The van der Waals surface area contributed by atoms with Crippen LogP contribution in [0.15, 0.2) is 42.6 Å². The molecule has 1 fully saturated rings. The molecule has 1 saturated heterocycles. The topological polar surface area (TPSA) is 60.2 Å². The fraction of sp³-hybridized carbons (Fsp3) is 0.381. The highest BCUT2D eigenvalue weighted by molar-refractivity contribution is 5.80. The zero-order valence-corrected chi connectivity index (χ0v) is 14.8. The molecule has 0 N–H and O–H groups in total. The Morgan fingerprint density at radius 3 is 2.88 bits per heavy atom. The van der Waals surface area contributed by atoms with Crippen LogP contribution in [0.25, 0.3) is 0 Å². The number of anilines is 1. The van der Waals surface area contributed by atoms with E-state index in [0.717, 1.165) is 38.2 Å². The lowest BCUT2D eigenvalue weighted by Gasteiger charge is -2.37. The van der Waals surface area contributed by atoms with E-state index in [4.69, 9.17) is 5.26 Å². The summed E-state index contributed by atoms with van der Waals surface area (Å²) in [6, 6.07) is 14.1. The monoisotopic (exact) mass is 346 g/mol. The molecule has 3 heterocycles. The lowest BCUT2D eigenvalue weighted by atomic mass is 9.94. The lowest BCUT2D eigenvalue weighted by molar-refractivity contribution is -0.136. The first-order valence-corrected chi connectivity index (χ1v) is 9.21. The number of piperidine rings is 1. The summed E-state index contributed by atoms with van der Waals surface area (Å²) < 4.78 is 0. The molecule has 2 aliphatic rings. The number of hydrogen-bond acceptors (Lipinski definition) is 4. The maximum atomic E-state index is 13.1. The Bertz CT molecular complexity index is 857. The summed E-state index contributed by atoms with van der Waals surface area (Å²) in [7, 11) is 0. The third-order valence-electron chi connectivity index (χ3n) is 5.41. The zero-order valence-electron chi connectivity index (χ0n) is 14.8. The standard InChI is InChI=1S/C21H22N4O/c22-13-16-7-9-23-20(12-16)24-10-3-6-19(15-24)21(26)25-11-8-17-4-1-2-5-18(17)14-25/h1-2,4-5,7,9,12,19H,3,6,8,10-11,14-15H2. The molecule has 2 aliphatic heterocycles. The van der Waals surface area contributed by atoms with Crippen molar-refractivity contribution in [1.29, 1.82) is 5.26 Å². The number of carbonyl (C=O) groups is 1. The second-order valence-corrected chi connectivity index (χ2v) is 7.08. The van der Waals surface area contributed by atoms with Crippen molar-refractivity contribution >= 4 is 11.7 Å². The number of benzene rings is 1. The fourth-order valence-electron chi connectivity index (χ4n) is 3.99. The summed E-state index contributed by atoms with van der Waals surface area (Å²) in [6.45, 7) is 3.08. The maximum Gasteiger partial charge on any atom is 0.227 e. The first-order chi connectivity index (χ1) is 12.7. The van der Waals surface area contributed by atoms with Crippen LogP contribution in [0.3, 0.4) is 0 Å². The van der Waals surface area contributed by atoms with E-state index in [-0.39, 0.29) is 11.8 Å². The van der Waals surface area contributed by atoms with Crippen LogP contribution in [0.5, 0.6) is 0 Å². The van der Waals surface area contributed by atoms with Crippen LogP contribution in [0, 0.1) is 17.2 Å². The van der Waals surface area contributed by atoms with Gasteiger partial charge in [0.1, 0.15) is 5.82 Å². The van der Waals surface area contributed by atoms with E-state index < -0.39 is 0 Å². The molecular formula is C21H22N4O. The Hall–Kier alpha value is -2.87. The highest BCUT2D eigenvalue weighted by Crippen LogP contribution is 2.26. The molecular weight excluding hydrogens is 324 g/mol. The van der Waals surface area contributed by atoms with Crippen LogP contribution in [0.2, 0.25) is 0 Å². The SMILES string of the molecule is N#Cc1ccnc(N2CCCC(C(=O)N3CCc4ccccc4C3)C2)c1. The molecule has 0 saturated carbocycles. The van der Waals surface area contributed by atoms with Crippen molar-refractivity contribution in [2.45, 2.75) is 25.8 Å². The van der Waals surface area contributed by atoms with Gasteiger partial charge in [-0.1, -0.05) is 24.3 Å². The van der Waals surface area contributed by atoms with E-state index in [9.17, 15) is 4.79 Å². The normalized spacial score (nSPS) is 19.6. The predicted molar refractivity (Wildman–Crippen MR) is 99.5 cm³/mol. The molecule has 132 valence electrons. The van der Waals surface area contributed by atoms with Gasteiger partial charge in [-0.25, -0.2) is 4.98 Å². The van der Waals surface area contributed by atoms with Gasteiger partial charge in [0.2, 0.25) is 5.91 Å². The zero-order chi connectivity index (χ0) is 17.9. The largest absolute Gasteiger partial charge is 0.356 e. The van der Waals surface area contributed by atoms with E-state index in [1.807, 2.05) is 17.0 Å². The molecule has 1 unspecified atom stereocenters. The molecule has 0 spiro atoms. The molecule has 5 nitrogen and oxygen atoms in total. The second kappa shape index (κ2) is 7.17. The number of pyridine rings is 1. The van der Waals surface area contributed by atoms with Crippen molar-refractivity contribution in [3.63, 3.8) is 0 Å². The smallest absolute Gasteiger partial charge is 0.227 e. The molecule has 0 radical (unpaired) electrons. The summed E-state index contributed by atoms with van der Waals surface area (Å²) in [4.78, 5) is 21.6. The van der Waals surface area contributed by atoms with Gasteiger partial charge in [0.15, 0.2) is 0 Å². The van der Waals surface area contributed by atoms with Crippen molar-refractivity contribution in [3.05, 3.63) is 59.3 Å². The van der Waals surface area contributed by atoms with Crippen molar-refractivity contribution < 1.29 is 4.79 Å². The molecule has 1 aromatic heterocycles. The Labute approximate surface area is 153 Å². The summed E-state index contributed by atoms with van der Waals surface area (Å²) in [5, 5.41) is 9.09. The number of fused-ring (bicyclic) bond motifs is 1. The molecule has 1 amide bonds. The van der Waals surface area contributed by atoms with Crippen molar-refractivity contribution in [1.82, 2.24) is 9.88 Å². The predicted octanol–water partition coefficient (Wildman–Crippen LogP) is 2.75. The van der Waals surface area contributed by atoms with Gasteiger partial charge in [-0.15, -0.1) is 0 Å². The molecule has 5 heteroatoms. The highest BCUT2D eigenvalue weighted by atomic mass is 16.2. The first-order valence-electron chi connectivity index (χ1n) is 9.21. The van der Waals surface area contributed by atoms with E-state index >= 15 is 0 Å². The van der Waals surface area contributed by atoms with Gasteiger partial charge in [-0.3, -0.25) is 4.79 Å². The van der Waals surface area contributed by atoms with E-state index in [1.54, 1.807) is 12.3 Å². The van der Waals surface area contributed by atoms with E-state index in [0.29, 0.717) is 18.7 Å². The van der Waals surface area contributed by atoms with Crippen LogP contribution in [0.4, 0.5) is 5.82 Å². The van der Waals surface area contributed by atoms with Gasteiger partial charge in [0, 0.05) is 32.4 Å². The maximum absolute atomic E-state index is 13.1. The number of hydrogen-bond donors (Lipinski definition) is 0. The Balaban J connectivity index is 1.46. The lowest BCUT2D eigenvalue weighted by Crippen LogP contribution is -2.46. The van der Waals surface area contributed by atoms with Crippen molar-refractivity contribution in [3.8, 4) is 6.07 Å². The van der Waals surface area contributed by atoms with Gasteiger partial charge >= 0.3 is 0 Å². The van der Waals surface area contributed by atoms with Crippen LogP contribution in [-0.2, 0) is 17.8 Å². The number of aromatic nitrogens is 1. The van der Waals surface area contributed by atoms with Gasteiger partial charge < -0.3 is 9.80 Å². The van der Waals surface area contributed by atoms with Crippen LogP contribution < -0.4 is 4.90 Å². The number of nitrogens with zero attached hydrogens (tertiary/aromatic N) is 4. The first kappa shape index (κ1) is 16.6. The van der Waals surface area contributed by atoms with E-state index in [1.165, 1.54) is 11.1 Å². The summed E-state index contributed by atoms with van der Waals surface area (Å²) in [5.41, 5.74) is 3.23. The molecule has 0 aliphatic carbocycles. The van der Waals surface area contributed by atoms with Gasteiger partial charge in [-0.2, -0.15) is 5.26 Å². The third kappa shape index (κ3) is 3.28. The molecule has 26 heavy (non-hydrogen) atoms. The minimum atomic E-state index is 0.00144. The van der Waals surface area contributed by atoms with E-state index in [2.05, 4.69) is 34.2 Å². The average molecular weight is 346 g/mol. The number of amides is 1. The van der Waals surface area contributed by atoms with Crippen LogP contribution in [-0.4, -0.2) is 35.4 Å². The molecule has 0 bridgehead atoms. The number of carbonyl (C=O) groups excluding carboxylic acids is 1. The second-order valence-electron chi connectivity index (χ2n) is 7.08. The quantitative estimate of drug-likeness (QED) is 0.839. The molecule has 2 aromatic rings.